The van der Waals surface area contributed by atoms with Gasteiger partial charge in [0.2, 0.25) is 0 Å². The first kappa shape index (κ1) is 19.8. The number of fused-ring (bicyclic) bond motifs is 1. The lowest BCUT2D eigenvalue weighted by Crippen LogP contribution is -2.09. The van der Waals surface area contributed by atoms with Crippen LogP contribution < -0.4 is 10.6 Å². The molecule has 0 unspecified atom stereocenters. The molecule has 4 aromatic rings. The molecule has 0 aliphatic rings. The predicted octanol–water partition coefficient (Wildman–Crippen LogP) is 5.12. The molecule has 0 saturated carbocycles. The Balaban J connectivity index is 1.50. The normalized spacial score (nSPS) is 11.1. The van der Waals surface area contributed by atoms with E-state index in [2.05, 4.69) is 30.6 Å². The molecule has 1 aromatic carbocycles. The summed E-state index contributed by atoms with van der Waals surface area (Å²) < 4.78 is 14.2. The molecular formula is C23H25FN6. The number of benzene rings is 1. The van der Waals surface area contributed by atoms with Crippen molar-refractivity contribution in [3.63, 3.8) is 0 Å². The summed E-state index contributed by atoms with van der Waals surface area (Å²) in [6.07, 6.45) is 0.751. The Bertz CT molecular complexity index is 1210. The zero-order valence-corrected chi connectivity index (χ0v) is 17.6. The lowest BCUT2D eigenvalue weighted by atomic mass is 10.0. The number of rotatable bonds is 6. The second-order valence-electron chi connectivity index (χ2n) is 7.49. The van der Waals surface area contributed by atoms with Crippen molar-refractivity contribution in [2.45, 2.75) is 34.1 Å². The van der Waals surface area contributed by atoms with Crippen LogP contribution in [-0.4, -0.2) is 26.5 Å². The third-order valence-corrected chi connectivity index (χ3v) is 5.09. The Morgan fingerprint density at radius 3 is 2.53 bits per heavy atom. The van der Waals surface area contributed by atoms with Crippen LogP contribution in [0.1, 0.15) is 28.3 Å². The van der Waals surface area contributed by atoms with E-state index in [1.165, 1.54) is 6.07 Å². The fraction of sp³-hybridized carbons (Fsp3) is 0.261. The van der Waals surface area contributed by atoms with E-state index in [0.717, 1.165) is 46.0 Å². The Labute approximate surface area is 175 Å². The summed E-state index contributed by atoms with van der Waals surface area (Å²) in [5.41, 5.74) is 4.71. The molecule has 6 nitrogen and oxygen atoms in total. The molecule has 0 aliphatic carbocycles. The number of hydrogen-bond acceptors (Lipinski definition) is 5. The van der Waals surface area contributed by atoms with Gasteiger partial charge in [-0.1, -0.05) is 12.1 Å². The van der Waals surface area contributed by atoms with Crippen LogP contribution >= 0.6 is 0 Å². The minimum atomic E-state index is -0.218. The van der Waals surface area contributed by atoms with Crippen molar-refractivity contribution in [3.8, 4) is 0 Å². The van der Waals surface area contributed by atoms with Crippen molar-refractivity contribution in [2.75, 3.05) is 17.2 Å². The van der Waals surface area contributed by atoms with E-state index in [-0.39, 0.29) is 5.82 Å². The van der Waals surface area contributed by atoms with Gasteiger partial charge < -0.3 is 15.6 Å². The number of anilines is 3. The maximum atomic E-state index is 14.2. The molecule has 30 heavy (non-hydrogen) atoms. The number of aromatic amines is 1. The third kappa shape index (κ3) is 4.10. The lowest BCUT2D eigenvalue weighted by molar-refractivity contribution is 0.637. The summed E-state index contributed by atoms with van der Waals surface area (Å²) in [6.45, 7) is 8.47. The average molecular weight is 404 g/mol. The van der Waals surface area contributed by atoms with E-state index in [9.17, 15) is 4.39 Å². The molecule has 0 bridgehead atoms. The van der Waals surface area contributed by atoms with Gasteiger partial charge in [-0.2, -0.15) is 0 Å². The molecule has 4 rings (SSSR count). The van der Waals surface area contributed by atoms with Gasteiger partial charge in [0.25, 0.3) is 0 Å². The lowest BCUT2D eigenvalue weighted by Gasteiger charge is -2.11. The van der Waals surface area contributed by atoms with Crippen molar-refractivity contribution < 1.29 is 4.39 Å². The maximum Gasteiger partial charge on any atom is 0.147 e. The minimum Gasteiger partial charge on any atom is -0.370 e. The fourth-order valence-corrected chi connectivity index (χ4v) is 3.74. The van der Waals surface area contributed by atoms with E-state index in [0.29, 0.717) is 23.7 Å². The van der Waals surface area contributed by atoms with Crippen LogP contribution in [0.4, 0.5) is 21.8 Å². The van der Waals surface area contributed by atoms with E-state index in [1.807, 2.05) is 58.0 Å². The molecular weight excluding hydrogens is 379 g/mol. The van der Waals surface area contributed by atoms with Crippen molar-refractivity contribution in [3.05, 3.63) is 70.6 Å². The molecule has 0 radical (unpaired) electrons. The molecule has 3 N–H and O–H groups in total. The summed E-state index contributed by atoms with van der Waals surface area (Å²) in [7, 11) is 0. The van der Waals surface area contributed by atoms with Crippen molar-refractivity contribution in [1.29, 1.82) is 0 Å². The van der Waals surface area contributed by atoms with Gasteiger partial charge in [-0.25, -0.2) is 19.3 Å². The van der Waals surface area contributed by atoms with E-state index in [4.69, 9.17) is 0 Å². The number of hydrogen-bond donors (Lipinski definition) is 3. The van der Waals surface area contributed by atoms with Crippen LogP contribution in [-0.2, 0) is 6.42 Å². The molecule has 3 heterocycles. The molecule has 154 valence electrons. The molecule has 0 atom stereocenters. The number of pyridine rings is 1. The largest absolute Gasteiger partial charge is 0.370 e. The number of H-pyrrole nitrogens is 1. The summed E-state index contributed by atoms with van der Waals surface area (Å²) in [6, 6.07) is 11.0. The standard InChI is InChI=1S/C23H25FN6/c1-13-8-9-18(24)23-22(13)17(15(3)27-23)10-11-25-20-12-21(29-16(4)28-20)30-19-7-5-6-14(2)26-19/h5-9,12,27H,10-11H2,1-4H3,(H2,25,26,28,29,30). The molecule has 3 aromatic heterocycles. The van der Waals surface area contributed by atoms with Crippen molar-refractivity contribution in [2.24, 2.45) is 0 Å². The van der Waals surface area contributed by atoms with Gasteiger partial charge in [-0.15, -0.1) is 0 Å². The van der Waals surface area contributed by atoms with Crippen molar-refractivity contribution >= 4 is 28.4 Å². The minimum absolute atomic E-state index is 0.218. The molecule has 0 amide bonds. The van der Waals surface area contributed by atoms with Crippen LogP contribution in [0.25, 0.3) is 10.9 Å². The van der Waals surface area contributed by atoms with E-state index < -0.39 is 0 Å². The first-order chi connectivity index (χ1) is 14.4. The summed E-state index contributed by atoms with van der Waals surface area (Å²) in [5, 5.41) is 7.57. The molecule has 0 saturated heterocycles. The van der Waals surface area contributed by atoms with Crippen molar-refractivity contribution in [1.82, 2.24) is 19.9 Å². The van der Waals surface area contributed by atoms with Gasteiger partial charge in [-0.3, -0.25) is 0 Å². The van der Waals surface area contributed by atoms with E-state index >= 15 is 0 Å². The number of aromatic nitrogens is 4. The topological polar surface area (TPSA) is 78.5 Å². The Hall–Kier alpha value is -3.48. The van der Waals surface area contributed by atoms with Gasteiger partial charge in [0, 0.05) is 29.4 Å². The van der Waals surface area contributed by atoms with Crippen LogP contribution in [0.3, 0.4) is 0 Å². The van der Waals surface area contributed by atoms with Crippen LogP contribution in [0, 0.1) is 33.5 Å². The molecule has 0 fully saturated rings. The van der Waals surface area contributed by atoms with Crippen LogP contribution in [0.2, 0.25) is 0 Å². The Kier molecular flexibility index (Phi) is 5.35. The summed E-state index contributed by atoms with van der Waals surface area (Å²) in [5.74, 6) is 2.61. The SMILES string of the molecule is Cc1cccc(Nc2cc(NCCc3c(C)[nH]c4c(F)ccc(C)c34)nc(C)n2)n1. The quantitative estimate of drug-likeness (QED) is 0.415. The highest BCUT2D eigenvalue weighted by Crippen LogP contribution is 2.28. The second kappa shape index (κ2) is 8.10. The second-order valence-corrected chi connectivity index (χ2v) is 7.49. The monoisotopic (exact) mass is 404 g/mol. The maximum absolute atomic E-state index is 14.2. The fourth-order valence-electron chi connectivity index (χ4n) is 3.74. The Morgan fingerprint density at radius 1 is 0.933 bits per heavy atom. The summed E-state index contributed by atoms with van der Waals surface area (Å²) >= 11 is 0. The smallest absolute Gasteiger partial charge is 0.147 e. The molecule has 0 spiro atoms. The molecule has 0 aliphatic heterocycles. The Morgan fingerprint density at radius 2 is 1.73 bits per heavy atom. The van der Waals surface area contributed by atoms with Gasteiger partial charge in [0.05, 0.1) is 5.52 Å². The zero-order valence-electron chi connectivity index (χ0n) is 17.6. The summed E-state index contributed by atoms with van der Waals surface area (Å²) in [4.78, 5) is 16.6. The number of nitrogens with zero attached hydrogens (tertiary/aromatic N) is 3. The average Bonchev–Trinajstić information content (AvgIpc) is 3.02. The number of aryl methyl sites for hydroxylation is 4. The molecule has 7 heteroatoms. The number of halogens is 1. The third-order valence-electron chi connectivity index (χ3n) is 5.09. The highest BCUT2D eigenvalue weighted by molar-refractivity contribution is 5.88. The van der Waals surface area contributed by atoms with Gasteiger partial charge in [0.15, 0.2) is 0 Å². The zero-order chi connectivity index (χ0) is 21.3. The van der Waals surface area contributed by atoms with Gasteiger partial charge >= 0.3 is 0 Å². The first-order valence-electron chi connectivity index (χ1n) is 9.97. The van der Waals surface area contributed by atoms with Crippen LogP contribution in [0.5, 0.6) is 0 Å². The van der Waals surface area contributed by atoms with Crippen LogP contribution in [0.15, 0.2) is 36.4 Å². The van der Waals surface area contributed by atoms with Gasteiger partial charge in [0.1, 0.15) is 29.1 Å². The highest BCUT2D eigenvalue weighted by atomic mass is 19.1. The predicted molar refractivity (Wildman–Crippen MR) is 119 cm³/mol. The first-order valence-corrected chi connectivity index (χ1v) is 9.97. The highest BCUT2D eigenvalue weighted by Gasteiger charge is 2.14. The van der Waals surface area contributed by atoms with E-state index in [1.54, 1.807) is 0 Å². The number of nitrogens with one attached hydrogen (secondary N) is 3. The van der Waals surface area contributed by atoms with Gasteiger partial charge in [-0.05, 0) is 63.4 Å².